The van der Waals surface area contributed by atoms with Gasteiger partial charge in [0.2, 0.25) is 0 Å². The van der Waals surface area contributed by atoms with Crippen molar-refractivity contribution in [1.82, 2.24) is 65.6 Å². The average Bonchev–Trinajstić information content (AvgIpc) is 1.50. The predicted octanol–water partition coefficient (Wildman–Crippen LogP) is 18.7. The van der Waals surface area contributed by atoms with Gasteiger partial charge in [-0.2, -0.15) is 20.4 Å². The maximum atomic E-state index is 13.5. The molecule has 126 heavy (non-hydrogen) atoms. The van der Waals surface area contributed by atoms with Gasteiger partial charge >= 0.3 is 0 Å². The number of aromatic nitrogens is 12. The number of ether oxygens (including phenoxy) is 1. The Morgan fingerprint density at radius 3 is 0.960 bits per heavy atom. The monoisotopic (exact) mass is 1700 g/mol. The molecule has 31 heteroatoms. The molecular weight excluding hydrogens is 1620 g/mol. The Bertz CT molecular complexity index is 6450. The Morgan fingerprint density at radius 1 is 0.333 bits per heavy atom. The standard InChI is InChI=1S/C25H22F3N5O.C24H22FN5O.C23H20FN5O2.C23H20FN5O/c26-19-2-1-3-20(12-19)30-24(34)23-21-11-17(4-5-22(21)31-32-23)18-10-16(13-29-14-18)15-33-8-6-25(27,28)7-9-33;25-18-5-4-6-19(13-18)27-24(31)23-21-12-16(7-8-22(21)28-29-23)17-11-20(15-26-14-17)30-9-2-1-3-10-30;24-17-2-1-3-18(12-17)26-23(30)22-20-11-15(4-5-21(20)27-28-22)16-10-19(14-25-13-16)29-6-8-31-9-7-29;24-17-4-3-5-18(12-17)26-23(30)22-20-11-15(6-7-21(20)27-28-22)16-10-19(14-25-13-16)29-8-1-2-9-29/h1-5,10-14H,6-9,15H2,(H,30,34)(H,31,32);4-8,11-15H,1-3,9-10H2,(H,27,31)(H,28,29);1-5,10-14H,6-9H2,(H,26,30)(H,27,28);3-7,10-14H,1-2,8-9H2,(H,26,30)(H,27,28). The third-order valence-corrected chi connectivity index (χ3v) is 22.3. The van der Waals surface area contributed by atoms with E-state index in [1.807, 2.05) is 115 Å². The van der Waals surface area contributed by atoms with Gasteiger partial charge in [-0.3, -0.25) is 64.4 Å². The Morgan fingerprint density at radius 2 is 0.635 bits per heavy atom. The van der Waals surface area contributed by atoms with Crippen LogP contribution in [0.25, 0.3) is 88.1 Å². The number of carbonyl (C=O) groups is 4. The summed E-state index contributed by atoms with van der Waals surface area (Å²) < 4.78 is 86.0. The molecular formula is C95H84F6N20O5. The Balaban J connectivity index is 0.000000119. The van der Waals surface area contributed by atoms with E-state index in [-0.39, 0.29) is 35.6 Å². The van der Waals surface area contributed by atoms with Crippen molar-refractivity contribution in [3.05, 3.63) is 295 Å². The van der Waals surface area contributed by atoms with Crippen LogP contribution in [0.4, 0.5) is 66.2 Å². The van der Waals surface area contributed by atoms with Crippen LogP contribution in [0, 0.1) is 23.3 Å². The van der Waals surface area contributed by atoms with Crippen LogP contribution in [-0.2, 0) is 11.3 Å². The number of amides is 4. The van der Waals surface area contributed by atoms with Crippen LogP contribution in [0.1, 0.15) is 92.5 Å². The summed E-state index contributed by atoms with van der Waals surface area (Å²) in [7, 11) is 0. The van der Waals surface area contributed by atoms with Gasteiger partial charge in [0.05, 0.1) is 70.9 Å². The average molecular weight is 1700 g/mol. The molecule has 20 rings (SSSR count). The molecule has 0 aliphatic carbocycles. The van der Waals surface area contributed by atoms with Gasteiger partial charge in [0, 0.05) is 169 Å². The molecule has 0 spiro atoms. The Labute approximate surface area is 718 Å². The maximum absolute atomic E-state index is 13.5. The fraction of sp³-hybridized carbons (Fsp3) is 0.200. The number of nitrogens with one attached hydrogen (secondary N) is 8. The first kappa shape index (κ1) is 83.3. The molecule has 4 amide bonds. The summed E-state index contributed by atoms with van der Waals surface area (Å²) in [5.41, 5.74) is 17.0. The lowest BCUT2D eigenvalue weighted by molar-refractivity contribution is -0.0566. The first-order chi connectivity index (χ1) is 61.4. The number of rotatable bonds is 17. The van der Waals surface area contributed by atoms with Gasteiger partial charge in [0.25, 0.3) is 29.6 Å². The zero-order chi connectivity index (χ0) is 86.6. The van der Waals surface area contributed by atoms with Crippen LogP contribution in [0.3, 0.4) is 0 Å². The highest BCUT2D eigenvalue weighted by Crippen LogP contribution is 2.36. The van der Waals surface area contributed by atoms with E-state index < -0.39 is 52.8 Å². The maximum Gasteiger partial charge on any atom is 0.276 e. The van der Waals surface area contributed by atoms with Crippen molar-refractivity contribution >= 4 is 107 Å². The summed E-state index contributed by atoms with van der Waals surface area (Å²) in [4.78, 5) is 77.6. The van der Waals surface area contributed by atoms with Crippen LogP contribution < -0.4 is 36.0 Å². The molecule has 0 bridgehead atoms. The molecule has 12 heterocycles. The number of nitrogens with zero attached hydrogens (tertiary/aromatic N) is 12. The number of halogens is 6. The number of hydrogen-bond donors (Lipinski definition) is 8. The van der Waals surface area contributed by atoms with E-state index in [0.717, 1.165) is 123 Å². The number of aromatic amines is 4. The Hall–Kier alpha value is -15.0. The number of likely N-dealkylation sites (tertiary alicyclic amines) is 1. The van der Waals surface area contributed by atoms with Crippen LogP contribution in [0.2, 0.25) is 0 Å². The van der Waals surface area contributed by atoms with E-state index in [4.69, 9.17) is 4.74 Å². The van der Waals surface area contributed by atoms with Crippen molar-refractivity contribution in [3.63, 3.8) is 0 Å². The van der Waals surface area contributed by atoms with Crippen LogP contribution in [-0.4, -0.2) is 161 Å². The summed E-state index contributed by atoms with van der Waals surface area (Å²) in [6.45, 7) is 8.52. The molecule has 4 aliphatic heterocycles. The van der Waals surface area contributed by atoms with E-state index in [1.165, 1.54) is 86.7 Å². The number of anilines is 7. The number of carbonyl (C=O) groups excluding carboxylic acids is 4. The SMILES string of the molecule is O=C(Nc1cccc(F)c1)c1n[nH]c2ccc(-c3cncc(CN4CCC(F)(F)CC4)c3)cc12.O=C(Nc1cccc(F)c1)c1n[nH]c2ccc(-c3cncc(N4CCCC4)c3)cc12.O=C(Nc1cccc(F)c1)c1n[nH]c2ccc(-c3cncc(N4CCCCC4)c3)cc12.O=C(Nc1cccc(F)c1)c1n[nH]c2ccc(-c3cncc(N4CCOCC4)c3)cc12. The van der Waals surface area contributed by atoms with E-state index >= 15 is 0 Å². The zero-order valence-corrected chi connectivity index (χ0v) is 68.0. The molecule has 0 atom stereocenters. The minimum absolute atomic E-state index is 0.127. The van der Waals surface area contributed by atoms with Crippen molar-refractivity contribution in [2.24, 2.45) is 0 Å². The van der Waals surface area contributed by atoms with Gasteiger partial charge in [-0.1, -0.05) is 48.5 Å². The summed E-state index contributed by atoms with van der Waals surface area (Å²) >= 11 is 0. The van der Waals surface area contributed by atoms with E-state index in [9.17, 15) is 45.5 Å². The molecule has 0 radical (unpaired) electrons. The van der Waals surface area contributed by atoms with Crippen molar-refractivity contribution in [3.8, 4) is 44.5 Å². The highest BCUT2D eigenvalue weighted by molar-refractivity contribution is 6.15. The van der Waals surface area contributed by atoms with Gasteiger partial charge in [-0.15, -0.1) is 0 Å². The first-order valence-corrected chi connectivity index (χ1v) is 41.3. The molecule has 8 N–H and O–H groups in total. The highest BCUT2D eigenvalue weighted by atomic mass is 19.3. The van der Waals surface area contributed by atoms with Crippen molar-refractivity contribution in [1.29, 1.82) is 0 Å². The van der Waals surface area contributed by atoms with E-state index in [1.54, 1.807) is 61.1 Å². The number of pyridine rings is 4. The summed E-state index contributed by atoms with van der Waals surface area (Å²) in [6, 6.07) is 54.3. The number of morpholine rings is 1. The summed E-state index contributed by atoms with van der Waals surface area (Å²) in [6.07, 6.45) is 20.4. The largest absolute Gasteiger partial charge is 0.378 e. The smallest absolute Gasteiger partial charge is 0.276 e. The molecule has 4 saturated heterocycles. The lowest BCUT2D eigenvalue weighted by Crippen LogP contribution is -2.38. The number of fused-ring (bicyclic) bond motifs is 4. The van der Waals surface area contributed by atoms with Gasteiger partial charge in [-0.05, 0) is 206 Å². The second-order valence-electron chi connectivity index (χ2n) is 31.0. The summed E-state index contributed by atoms with van der Waals surface area (Å²) in [5.74, 6) is -5.91. The molecule has 4 aliphatic rings. The van der Waals surface area contributed by atoms with Gasteiger partial charge in [-0.25, -0.2) is 26.3 Å². The van der Waals surface area contributed by atoms with Crippen molar-refractivity contribution in [2.45, 2.75) is 57.4 Å². The van der Waals surface area contributed by atoms with Crippen LogP contribution >= 0.6 is 0 Å². The first-order valence-electron chi connectivity index (χ1n) is 41.3. The molecule has 16 aromatic rings. The molecule has 25 nitrogen and oxygen atoms in total. The lowest BCUT2D eigenvalue weighted by atomic mass is 10.0. The minimum Gasteiger partial charge on any atom is -0.378 e. The second-order valence-corrected chi connectivity index (χ2v) is 31.0. The molecule has 0 saturated carbocycles. The lowest BCUT2D eigenvalue weighted by Gasteiger charge is -2.31. The third kappa shape index (κ3) is 20.0. The summed E-state index contributed by atoms with van der Waals surface area (Å²) in [5, 5.41) is 41.7. The number of benzene rings is 8. The number of H-pyrrole nitrogens is 4. The third-order valence-electron chi connectivity index (χ3n) is 22.3. The minimum atomic E-state index is -2.57. The number of hydrogen-bond acceptors (Lipinski definition) is 17. The van der Waals surface area contributed by atoms with Crippen LogP contribution in [0.5, 0.6) is 0 Å². The van der Waals surface area contributed by atoms with E-state index in [2.05, 4.69) is 115 Å². The molecule has 8 aromatic heterocycles. The van der Waals surface area contributed by atoms with Gasteiger partial charge in [0.15, 0.2) is 22.8 Å². The quantitative estimate of drug-likeness (QED) is 0.0393. The zero-order valence-electron chi connectivity index (χ0n) is 68.0. The fourth-order valence-corrected chi connectivity index (χ4v) is 15.7. The predicted molar refractivity (Wildman–Crippen MR) is 475 cm³/mol. The Kier molecular flexibility index (Phi) is 25.0. The van der Waals surface area contributed by atoms with Gasteiger partial charge < -0.3 is 40.7 Å². The van der Waals surface area contributed by atoms with Crippen LogP contribution in [0.15, 0.2) is 244 Å². The molecule has 8 aromatic carbocycles. The van der Waals surface area contributed by atoms with Crippen molar-refractivity contribution in [2.75, 3.05) is 102 Å². The van der Waals surface area contributed by atoms with E-state index in [0.29, 0.717) is 82.7 Å². The molecule has 0 unspecified atom stereocenters. The number of piperidine rings is 2. The molecule has 636 valence electrons. The second kappa shape index (κ2) is 37.8. The number of alkyl halides is 2. The fourth-order valence-electron chi connectivity index (χ4n) is 15.7. The highest BCUT2D eigenvalue weighted by Gasteiger charge is 2.34. The normalized spacial score (nSPS) is 14.5. The van der Waals surface area contributed by atoms with Gasteiger partial charge in [0.1, 0.15) is 23.3 Å². The molecule has 4 fully saturated rings. The topological polar surface area (TPSA) is 305 Å². The van der Waals surface area contributed by atoms with Crippen molar-refractivity contribution < 1.29 is 50.3 Å².